The minimum Gasteiger partial charge on any atom is -0.481 e. The Morgan fingerprint density at radius 1 is 0.893 bits per heavy atom. The van der Waals surface area contributed by atoms with E-state index < -0.39 is 5.97 Å². The first kappa shape index (κ1) is 20.7. The Hall–Kier alpha value is -2.02. The molecule has 1 aliphatic carbocycles. The smallest absolute Gasteiger partial charge is 0.320 e. The quantitative estimate of drug-likeness (QED) is 0.828. The molecule has 2 amide bonds. The molecule has 154 valence electrons. The van der Waals surface area contributed by atoms with Crippen molar-refractivity contribution < 1.29 is 14.7 Å². The summed E-state index contributed by atoms with van der Waals surface area (Å²) in [6.45, 7) is 3.51. The van der Waals surface area contributed by atoms with Gasteiger partial charge in [0.2, 0.25) is 0 Å². The number of hydrogen-bond acceptors (Lipinski definition) is 4. The van der Waals surface area contributed by atoms with Gasteiger partial charge in [0, 0.05) is 56.3 Å². The largest absolute Gasteiger partial charge is 0.481 e. The fourth-order valence-electron chi connectivity index (χ4n) is 4.87. The summed E-state index contributed by atoms with van der Waals surface area (Å²) in [5.74, 6) is -0.920. The molecule has 0 bridgehead atoms. The van der Waals surface area contributed by atoms with Crippen LogP contribution in [0.25, 0.3) is 0 Å². The van der Waals surface area contributed by atoms with Gasteiger partial charge in [0.05, 0.1) is 5.92 Å². The van der Waals surface area contributed by atoms with E-state index in [1.807, 2.05) is 29.4 Å². The zero-order valence-electron chi connectivity index (χ0n) is 16.1. The van der Waals surface area contributed by atoms with Gasteiger partial charge in [-0.2, -0.15) is 0 Å². The lowest BCUT2D eigenvalue weighted by Crippen LogP contribution is -2.48. The van der Waals surface area contributed by atoms with Crippen molar-refractivity contribution in [2.75, 3.05) is 31.1 Å². The molecule has 2 saturated heterocycles. The number of aromatic nitrogens is 1. The highest BCUT2D eigenvalue weighted by Gasteiger charge is 2.40. The van der Waals surface area contributed by atoms with Crippen LogP contribution in [0.2, 0.25) is 0 Å². The van der Waals surface area contributed by atoms with Crippen molar-refractivity contribution in [2.24, 2.45) is 5.92 Å². The van der Waals surface area contributed by atoms with Crippen LogP contribution in [0.4, 0.5) is 10.5 Å². The Balaban J connectivity index is 0.00000225. The molecule has 0 atom stereocenters. The topological polar surface area (TPSA) is 77.0 Å². The predicted molar refractivity (Wildman–Crippen MR) is 109 cm³/mol. The maximum absolute atomic E-state index is 13.0. The van der Waals surface area contributed by atoms with Gasteiger partial charge in [-0.1, -0.05) is 0 Å². The number of carboxylic acids is 1. The summed E-state index contributed by atoms with van der Waals surface area (Å²) in [5, 5.41) is 9.16. The first-order valence-corrected chi connectivity index (χ1v) is 10.1. The SMILES string of the molecule is Cl.O=C1N(C2CCN(c3ccncc3)CC2)CCN1[C@H]1CC[C@H](C(=O)O)CC1. The second-order valence-electron chi connectivity index (χ2n) is 7.94. The van der Waals surface area contributed by atoms with Crippen LogP contribution in [0.15, 0.2) is 24.5 Å². The van der Waals surface area contributed by atoms with Gasteiger partial charge in [-0.05, 0) is 50.7 Å². The van der Waals surface area contributed by atoms with E-state index in [0.29, 0.717) is 18.9 Å². The summed E-state index contributed by atoms with van der Waals surface area (Å²) in [6, 6.07) is 4.77. The highest BCUT2D eigenvalue weighted by molar-refractivity contribution is 5.85. The average Bonchev–Trinajstić information content (AvgIpc) is 3.10. The fourth-order valence-corrected chi connectivity index (χ4v) is 4.87. The van der Waals surface area contributed by atoms with Crippen LogP contribution in [0.1, 0.15) is 38.5 Å². The molecule has 3 fully saturated rings. The standard InChI is InChI=1S/C20H28N4O3.ClH/c25-19(26)15-1-3-17(4-2-15)23-13-14-24(20(23)27)18-7-11-22(12-8-18)16-5-9-21-10-6-16;/h5-6,9-10,15,17-18H,1-4,7-8,11-14H2,(H,25,26);1H/t15-,17-;. The van der Waals surface area contributed by atoms with Crippen LogP contribution < -0.4 is 4.90 Å². The number of pyridine rings is 1. The average molecular weight is 409 g/mol. The Bertz CT molecular complexity index is 673. The number of aliphatic carboxylic acids is 1. The Labute approximate surface area is 172 Å². The van der Waals surface area contributed by atoms with E-state index in [4.69, 9.17) is 5.11 Å². The Kier molecular flexibility index (Phi) is 6.65. The van der Waals surface area contributed by atoms with Gasteiger partial charge >= 0.3 is 12.0 Å². The number of hydrogen-bond donors (Lipinski definition) is 1. The maximum Gasteiger partial charge on any atom is 0.320 e. The number of halogens is 1. The van der Waals surface area contributed by atoms with Gasteiger partial charge < -0.3 is 19.8 Å². The molecule has 3 heterocycles. The fraction of sp³-hybridized carbons (Fsp3) is 0.650. The molecule has 0 aromatic carbocycles. The number of rotatable bonds is 4. The number of amides is 2. The molecule has 1 aromatic heterocycles. The van der Waals surface area contributed by atoms with Gasteiger partial charge in [-0.3, -0.25) is 9.78 Å². The van der Waals surface area contributed by atoms with Crippen LogP contribution in [0.5, 0.6) is 0 Å². The summed E-state index contributed by atoms with van der Waals surface area (Å²) in [5.41, 5.74) is 1.20. The van der Waals surface area contributed by atoms with Gasteiger partial charge in [-0.15, -0.1) is 12.4 Å². The highest BCUT2D eigenvalue weighted by atomic mass is 35.5. The van der Waals surface area contributed by atoms with Gasteiger partial charge in [-0.25, -0.2) is 4.79 Å². The third kappa shape index (κ3) is 4.19. The van der Waals surface area contributed by atoms with Crippen molar-refractivity contribution in [3.63, 3.8) is 0 Å². The highest BCUT2D eigenvalue weighted by Crippen LogP contribution is 2.31. The van der Waals surface area contributed by atoms with Crippen molar-refractivity contribution in [1.29, 1.82) is 0 Å². The maximum atomic E-state index is 13.0. The third-order valence-electron chi connectivity index (χ3n) is 6.49. The predicted octanol–water partition coefficient (Wildman–Crippen LogP) is 2.85. The van der Waals surface area contributed by atoms with Crippen molar-refractivity contribution in [1.82, 2.24) is 14.8 Å². The zero-order valence-corrected chi connectivity index (χ0v) is 16.9. The number of nitrogens with zero attached hydrogens (tertiary/aromatic N) is 4. The molecule has 1 aromatic rings. The third-order valence-corrected chi connectivity index (χ3v) is 6.49. The summed E-state index contributed by atoms with van der Waals surface area (Å²) < 4.78 is 0. The monoisotopic (exact) mass is 408 g/mol. The van der Waals surface area contributed by atoms with E-state index in [0.717, 1.165) is 51.9 Å². The lowest BCUT2D eigenvalue weighted by molar-refractivity contribution is -0.143. The van der Waals surface area contributed by atoms with E-state index in [1.165, 1.54) is 5.69 Å². The van der Waals surface area contributed by atoms with E-state index in [9.17, 15) is 9.59 Å². The van der Waals surface area contributed by atoms with Gasteiger partial charge in [0.15, 0.2) is 0 Å². The molecule has 3 aliphatic rings. The summed E-state index contributed by atoms with van der Waals surface area (Å²) in [7, 11) is 0. The lowest BCUT2D eigenvalue weighted by Gasteiger charge is -2.38. The van der Waals surface area contributed by atoms with Crippen LogP contribution in [0, 0.1) is 5.92 Å². The van der Waals surface area contributed by atoms with E-state index in [2.05, 4.69) is 14.8 Å². The molecular weight excluding hydrogens is 380 g/mol. The summed E-state index contributed by atoms with van der Waals surface area (Å²) in [4.78, 5) is 34.6. The first-order valence-electron chi connectivity index (χ1n) is 10.1. The molecule has 1 saturated carbocycles. The van der Waals surface area contributed by atoms with Crippen molar-refractivity contribution in [2.45, 2.75) is 50.6 Å². The molecular formula is C20H29ClN4O3. The summed E-state index contributed by atoms with van der Waals surface area (Å²) in [6.07, 6.45) is 8.64. The molecule has 28 heavy (non-hydrogen) atoms. The van der Waals surface area contributed by atoms with Crippen LogP contribution >= 0.6 is 12.4 Å². The van der Waals surface area contributed by atoms with Crippen LogP contribution in [0.3, 0.4) is 0 Å². The molecule has 1 N–H and O–H groups in total. The molecule has 4 rings (SSSR count). The minimum atomic E-state index is -0.691. The van der Waals surface area contributed by atoms with Crippen molar-refractivity contribution in [3.05, 3.63) is 24.5 Å². The second-order valence-corrected chi connectivity index (χ2v) is 7.94. The van der Waals surface area contributed by atoms with Crippen LogP contribution in [-0.2, 0) is 4.79 Å². The molecule has 7 nitrogen and oxygen atoms in total. The number of anilines is 1. The van der Waals surface area contributed by atoms with E-state index >= 15 is 0 Å². The van der Waals surface area contributed by atoms with Crippen LogP contribution in [-0.4, -0.2) is 70.2 Å². The van der Waals surface area contributed by atoms with Crippen molar-refractivity contribution in [3.8, 4) is 0 Å². The number of carboxylic acid groups (broad SMARTS) is 1. The number of carbonyl (C=O) groups is 2. The Morgan fingerprint density at radius 3 is 1.96 bits per heavy atom. The zero-order chi connectivity index (χ0) is 18.8. The first-order chi connectivity index (χ1) is 13.1. The minimum absolute atomic E-state index is 0. The Morgan fingerprint density at radius 2 is 1.43 bits per heavy atom. The molecule has 0 spiro atoms. The normalized spacial score (nSPS) is 26.3. The van der Waals surface area contributed by atoms with Gasteiger partial charge in [0.25, 0.3) is 0 Å². The van der Waals surface area contributed by atoms with E-state index in [-0.39, 0.29) is 30.4 Å². The second kappa shape index (κ2) is 8.99. The molecule has 0 radical (unpaired) electrons. The number of carbonyl (C=O) groups excluding carboxylic acids is 1. The number of piperidine rings is 1. The molecule has 8 heteroatoms. The lowest BCUT2D eigenvalue weighted by atomic mass is 9.85. The molecule has 0 unspecified atom stereocenters. The van der Waals surface area contributed by atoms with Gasteiger partial charge in [0.1, 0.15) is 0 Å². The number of urea groups is 1. The summed E-state index contributed by atoms with van der Waals surface area (Å²) >= 11 is 0. The molecule has 2 aliphatic heterocycles. The van der Waals surface area contributed by atoms with E-state index in [1.54, 1.807) is 0 Å². The van der Waals surface area contributed by atoms with Crippen molar-refractivity contribution >= 4 is 30.1 Å².